The Hall–Kier alpha value is -1.54. The van der Waals surface area contributed by atoms with E-state index in [0.717, 1.165) is 31.2 Å². The standard InChI is InChI=1S/C19H24N2O4S2/c22-18(12-26-19-20-16-8-4-5-9-17(16)25-19)21(14-6-2-1-3-7-14)15-10-11-27(23,24)13-15/h4-5,8-9,14-15H,1-3,6-7,10-13H2. The van der Waals surface area contributed by atoms with Crippen LogP contribution in [-0.4, -0.2) is 53.6 Å². The van der Waals surface area contributed by atoms with Crippen molar-refractivity contribution in [3.63, 3.8) is 0 Å². The SMILES string of the molecule is O=C(CSc1nc2ccccc2o1)N(C1CCCCC1)C1CCS(=O)(=O)C1. The Bertz CT molecular complexity index is 886. The molecule has 146 valence electrons. The molecule has 1 saturated heterocycles. The van der Waals surface area contributed by atoms with Gasteiger partial charge in [-0.1, -0.05) is 43.2 Å². The predicted molar refractivity (Wildman–Crippen MR) is 106 cm³/mol. The second-order valence-corrected chi connectivity index (χ2v) is 10.5. The lowest BCUT2D eigenvalue weighted by molar-refractivity contribution is -0.133. The highest BCUT2D eigenvalue weighted by Gasteiger charge is 2.38. The maximum atomic E-state index is 13.1. The Labute approximate surface area is 163 Å². The molecule has 0 spiro atoms. The molecule has 0 N–H and O–H groups in total. The van der Waals surface area contributed by atoms with Crippen LogP contribution < -0.4 is 0 Å². The zero-order valence-electron chi connectivity index (χ0n) is 15.2. The van der Waals surface area contributed by atoms with Crippen molar-refractivity contribution in [1.29, 1.82) is 0 Å². The van der Waals surface area contributed by atoms with E-state index in [9.17, 15) is 13.2 Å². The molecule has 1 unspecified atom stereocenters. The van der Waals surface area contributed by atoms with Crippen LogP contribution in [-0.2, 0) is 14.6 Å². The third kappa shape index (κ3) is 4.32. The first kappa shape index (κ1) is 18.8. The van der Waals surface area contributed by atoms with Gasteiger partial charge >= 0.3 is 0 Å². The molecule has 1 aliphatic heterocycles. The van der Waals surface area contributed by atoms with Gasteiger partial charge in [-0.25, -0.2) is 13.4 Å². The number of fused-ring (bicyclic) bond motifs is 1. The first-order valence-electron chi connectivity index (χ1n) is 9.52. The number of para-hydroxylation sites is 2. The summed E-state index contributed by atoms with van der Waals surface area (Å²) in [6.45, 7) is 0. The molecule has 2 fully saturated rings. The van der Waals surface area contributed by atoms with Crippen molar-refractivity contribution in [3.8, 4) is 0 Å². The number of benzene rings is 1. The Morgan fingerprint density at radius 3 is 2.63 bits per heavy atom. The second kappa shape index (κ2) is 7.83. The summed E-state index contributed by atoms with van der Waals surface area (Å²) in [6.07, 6.45) is 5.89. The van der Waals surface area contributed by atoms with Gasteiger partial charge in [0, 0.05) is 12.1 Å². The van der Waals surface area contributed by atoms with Gasteiger partial charge in [0.25, 0.3) is 5.22 Å². The van der Waals surface area contributed by atoms with Crippen LogP contribution in [0.15, 0.2) is 33.9 Å². The first-order valence-corrected chi connectivity index (χ1v) is 12.3. The number of aromatic nitrogens is 1. The molecular formula is C19H24N2O4S2. The van der Waals surface area contributed by atoms with E-state index in [-0.39, 0.29) is 35.2 Å². The minimum Gasteiger partial charge on any atom is -0.431 e. The fraction of sp³-hybridized carbons (Fsp3) is 0.579. The Morgan fingerprint density at radius 1 is 1.15 bits per heavy atom. The first-order chi connectivity index (χ1) is 13.0. The highest BCUT2D eigenvalue weighted by Crippen LogP contribution is 2.30. The zero-order valence-corrected chi connectivity index (χ0v) is 16.8. The smallest absolute Gasteiger partial charge is 0.257 e. The quantitative estimate of drug-likeness (QED) is 0.707. The maximum Gasteiger partial charge on any atom is 0.257 e. The molecule has 1 aliphatic carbocycles. The molecule has 27 heavy (non-hydrogen) atoms. The van der Waals surface area contributed by atoms with Crippen LogP contribution in [0.1, 0.15) is 38.5 Å². The predicted octanol–water partition coefficient (Wildman–Crippen LogP) is 3.27. The van der Waals surface area contributed by atoms with Crippen LogP contribution in [0.3, 0.4) is 0 Å². The van der Waals surface area contributed by atoms with Gasteiger partial charge in [0.1, 0.15) is 5.52 Å². The lowest BCUT2D eigenvalue weighted by atomic mass is 9.93. The number of rotatable bonds is 5. The topological polar surface area (TPSA) is 80.5 Å². The number of amides is 1. The third-order valence-electron chi connectivity index (χ3n) is 5.45. The number of nitrogens with zero attached hydrogens (tertiary/aromatic N) is 2. The summed E-state index contributed by atoms with van der Waals surface area (Å²) < 4.78 is 29.6. The molecule has 1 saturated carbocycles. The summed E-state index contributed by atoms with van der Waals surface area (Å²) in [5.41, 5.74) is 1.48. The van der Waals surface area contributed by atoms with E-state index in [4.69, 9.17) is 4.42 Å². The summed E-state index contributed by atoms with van der Waals surface area (Å²) in [5, 5.41) is 0.479. The molecule has 8 heteroatoms. The number of hydrogen-bond donors (Lipinski definition) is 0. The van der Waals surface area contributed by atoms with Gasteiger partial charge in [0.2, 0.25) is 5.91 Å². The maximum absolute atomic E-state index is 13.1. The van der Waals surface area contributed by atoms with Crippen molar-refractivity contribution in [2.75, 3.05) is 17.3 Å². The Morgan fingerprint density at radius 2 is 1.93 bits per heavy atom. The monoisotopic (exact) mass is 408 g/mol. The van der Waals surface area contributed by atoms with Crippen molar-refractivity contribution in [3.05, 3.63) is 24.3 Å². The van der Waals surface area contributed by atoms with E-state index >= 15 is 0 Å². The fourth-order valence-corrected chi connectivity index (χ4v) is 6.59. The average Bonchev–Trinajstić information content (AvgIpc) is 3.23. The zero-order chi connectivity index (χ0) is 18.9. The molecule has 1 amide bonds. The molecule has 2 aromatic rings. The summed E-state index contributed by atoms with van der Waals surface area (Å²) in [7, 11) is -3.03. The van der Waals surface area contributed by atoms with Crippen LogP contribution in [0.5, 0.6) is 0 Å². The van der Waals surface area contributed by atoms with E-state index in [1.165, 1.54) is 18.2 Å². The lowest BCUT2D eigenvalue weighted by Crippen LogP contribution is -2.49. The van der Waals surface area contributed by atoms with Crippen molar-refractivity contribution in [1.82, 2.24) is 9.88 Å². The van der Waals surface area contributed by atoms with Crippen LogP contribution in [0.2, 0.25) is 0 Å². The number of sulfone groups is 1. The van der Waals surface area contributed by atoms with Gasteiger partial charge in [0.05, 0.1) is 17.3 Å². The minimum absolute atomic E-state index is 0.00347. The average molecular weight is 409 g/mol. The highest BCUT2D eigenvalue weighted by molar-refractivity contribution is 7.99. The van der Waals surface area contributed by atoms with Gasteiger partial charge < -0.3 is 9.32 Å². The molecule has 0 radical (unpaired) electrons. The lowest BCUT2D eigenvalue weighted by Gasteiger charge is -2.38. The van der Waals surface area contributed by atoms with Crippen molar-refractivity contribution < 1.29 is 17.6 Å². The van der Waals surface area contributed by atoms with E-state index < -0.39 is 9.84 Å². The normalized spacial score (nSPS) is 22.9. The molecule has 2 heterocycles. The van der Waals surface area contributed by atoms with E-state index in [1.807, 2.05) is 29.2 Å². The molecule has 6 nitrogen and oxygen atoms in total. The molecule has 1 aromatic heterocycles. The van der Waals surface area contributed by atoms with Gasteiger partial charge in [0.15, 0.2) is 15.4 Å². The van der Waals surface area contributed by atoms with Gasteiger partial charge in [-0.05, 0) is 31.4 Å². The number of thioether (sulfide) groups is 1. The van der Waals surface area contributed by atoms with Gasteiger partial charge in [-0.2, -0.15) is 0 Å². The van der Waals surface area contributed by atoms with Crippen molar-refractivity contribution >= 4 is 38.6 Å². The van der Waals surface area contributed by atoms with E-state index in [1.54, 1.807) is 0 Å². The molecule has 1 aromatic carbocycles. The summed E-state index contributed by atoms with van der Waals surface area (Å²) in [6, 6.07) is 7.49. The van der Waals surface area contributed by atoms with Crippen molar-refractivity contribution in [2.45, 2.75) is 55.8 Å². The van der Waals surface area contributed by atoms with Crippen molar-refractivity contribution in [2.24, 2.45) is 0 Å². The van der Waals surface area contributed by atoms with Gasteiger partial charge in [-0.3, -0.25) is 4.79 Å². The summed E-state index contributed by atoms with van der Waals surface area (Å²) in [4.78, 5) is 19.4. The number of carbonyl (C=O) groups is 1. The van der Waals surface area contributed by atoms with Crippen LogP contribution in [0.25, 0.3) is 11.1 Å². The third-order valence-corrected chi connectivity index (χ3v) is 8.01. The minimum atomic E-state index is -3.03. The summed E-state index contributed by atoms with van der Waals surface area (Å²) in [5.74, 6) is 0.506. The largest absolute Gasteiger partial charge is 0.431 e. The summed E-state index contributed by atoms with van der Waals surface area (Å²) >= 11 is 1.29. The van der Waals surface area contributed by atoms with Crippen LogP contribution in [0.4, 0.5) is 0 Å². The van der Waals surface area contributed by atoms with E-state index in [0.29, 0.717) is 17.2 Å². The van der Waals surface area contributed by atoms with Crippen LogP contribution >= 0.6 is 11.8 Å². The Balaban J connectivity index is 1.47. The molecule has 2 aliphatic rings. The highest BCUT2D eigenvalue weighted by atomic mass is 32.2. The molecule has 0 bridgehead atoms. The number of carbonyl (C=O) groups excluding carboxylic acids is 1. The fourth-order valence-electron chi connectivity index (χ4n) is 4.17. The van der Waals surface area contributed by atoms with Gasteiger partial charge in [-0.15, -0.1) is 0 Å². The second-order valence-electron chi connectivity index (χ2n) is 7.39. The number of hydrogen-bond acceptors (Lipinski definition) is 6. The molecular weight excluding hydrogens is 384 g/mol. The molecule has 4 rings (SSSR count). The number of oxazole rings is 1. The van der Waals surface area contributed by atoms with E-state index in [2.05, 4.69) is 4.98 Å². The van der Waals surface area contributed by atoms with Crippen LogP contribution in [0, 0.1) is 0 Å². The molecule has 1 atom stereocenters. The Kier molecular flexibility index (Phi) is 5.45.